The minimum Gasteiger partial charge on any atom is -0.312 e. The maximum absolute atomic E-state index is 12.8. The number of halogens is 4. The van der Waals surface area contributed by atoms with Crippen molar-refractivity contribution in [3.8, 4) is 0 Å². The van der Waals surface area contributed by atoms with Crippen molar-refractivity contribution >= 4 is 12.4 Å². The fourth-order valence-electron chi connectivity index (χ4n) is 2.01. The summed E-state index contributed by atoms with van der Waals surface area (Å²) in [5.74, 6) is 0. The van der Waals surface area contributed by atoms with Gasteiger partial charge in [0.2, 0.25) is 0 Å². The van der Waals surface area contributed by atoms with Crippen molar-refractivity contribution in [2.45, 2.75) is 26.1 Å². The van der Waals surface area contributed by atoms with Gasteiger partial charge in [-0.1, -0.05) is 18.2 Å². The van der Waals surface area contributed by atoms with Gasteiger partial charge in [0.1, 0.15) is 0 Å². The van der Waals surface area contributed by atoms with Crippen LogP contribution in [-0.2, 0) is 19.1 Å². The molecule has 2 aromatic rings. The first kappa shape index (κ1) is 17.5. The number of hydrogen-bond donors (Lipinski definition) is 2. The zero-order chi connectivity index (χ0) is 14.6. The molecule has 2 rings (SSSR count). The summed E-state index contributed by atoms with van der Waals surface area (Å²) in [6, 6.07) is 5.68. The Morgan fingerprint density at radius 2 is 1.90 bits per heavy atom. The summed E-state index contributed by atoms with van der Waals surface area (Å²) >= 11 is 0. The molecule has 0 unspecified atom stereocenters. The third-order valence-electron chi connectivity index (χ3n) is 3.14. The van der Waals surface area contributed by atoms with Gasteiger partial charge in [-0.2, -0.15) is 18.3 Å². The average molecular weight is 320 g/mol. The molecular weight excluding hydrogens is 303 g/mol. The lowest BCUT2D eigenvalue weighted by atomic mass is 10.0. The van der Waals surface area contributed by atoms with Crippen LogP contribution in [0, 0.1) is 6.92 Å². The summed E-state index contributed by atoms with van der Waals surface area (Å²) in [7, 11) is 0. The molecule has 1 aromatic heterocycles. The molecule has 0 aliphatic rings. The van der Waals surface area contributed by atoms with Crippen LogP contribution in [0.1, 0.15) is 22.4 Å². The summed E-state index contributed by atoms with van der Waals surface area (Å²) in [5, 5.41) is 9.84. The van der Waals surface area contributed by atoms with E-state index in [1.807, 2.05) is 6.92 Å². The number of nitrogens with zero attached hydrogens (tertiary/aromatic N) is 1. The second kappa shape index (κ2) is 7.47. The number of aromatic amines is 1. The number of hydrogen-bond acceptors (Lipinski definition) is 2. The van der Waals surface area contributed by atoms with Crippen LogP contribution >= 0.6 is 12.4 Å². The highest BCUT2D eigenvalue weighted by Crippen LogP contribution is 2.31. The van der Waals surface area contributed by atoms with Crippen molar-refractivity contribution < 1.29 is 13.2 Å². The highest BCUT2D eigenvalue weighted by Gasteiger charge is 2.32. The highest BCUT2D eigenvalue weighted by atomic mass is 35.5. The van der Waals surface area contributed by atoms with E-state index in [4.69, 9.17) is 0 Å². The molecule has 3 nitrogen and oxygen atoms in total. The Bertz CT molecular complexity index is 567. The number of H-pyrrole nitrogens is 1. The Kier molecular flexibility index (Phi) is 6.23. The summed E-state index contributed by atoms with van der Waals surface area (Å²) < 4.78 is 38.4. The van der Waals surface area contributed by atoms with Crippen molar-refractivity contribution in [3.05, 3.63) is 52.8 Å². The van der Waals surface area contributed by atoms with E-state index in [-0.39, 0.29) is 12.4 Å². The molecule has 21 heavy (non-hydrogen) atoms. The molecule has 2 N–H and O–H groups in total. The van der Waals surface area contributed by atoms with E-state index in [0.29, 0.717) is 25.1 Å². The van der Waals surface area contributed by atoms with E-state index in [1.165, 1.54) is 12.1 Å². The van der Waals surface area contributed by atoms with Gasteiger partial charge < -0.3 is 5.32 Å². The predicted octanol–water partition coefficient (Wildman–Crippen LogP) is 3.49. The van der Waals surface area contributed by atoms with Crippen LogP contribution in [0.5, 0.6) is 0 Å². The molecule has 1 aromatic carbocycles. The summed E-state index contributed by atoms with van der Waals surface area (Å²) in [5.41, 5.74) is 1.75. The minimum atomic E-state index is -4.29. The monoisotopic (exact) mass is 319 g/mol. The lowest BCUT2D eigenvalue weighted by Gasteiger charge is -2.12. The van der Waals surface area contributed by atoms with Gasteiger partial charge in [0.05, 0.1) is 11.8 Å². The van der Waals surface area contributed by atoms with E-state index < -0.39 is 11.7 Å². The molecule has 0 amide bonds. The SMILES string of the molecule is Cc1[nH]ncc1CNCCc1ccccc1C(F)(F)F.Cl. The normalized spacial score (nSPS) is 11.2. The van der Waals surface area contributed by atoms with Gasteiger partial charge in [0.15, 0.2) is 0 Å². The maximum Gasteiger partial charge on any atom is 0.416 e. The van der Waals surface area contributed by atoms with Crippen LogP contribution in [0.3, 0.4) is 0 Å². The lowest BCUT2D eigenvalue weighted by molar-refractivity contribution is -0.138. The average Bonchev–Trinajstić information content (AvgIpc) is 2.80. The van der Waals surface area contributed by atoms with Crippen LogP contribution in [-0.4, -0.2) is 16.7 Å². The van der Waals surface area contributed by atoms with Crippen LogP contribution < -0.4 is 5.32 Å². The van der Waals surface area contributed by atoms with Gasteiger partial charge >= 0.3 is 6.18 Å². The second-order valence-electron chi connectivity index (χ2n) is 4.60. The second-order valence-corrected chi connectivity index (χ2v) is 4.60. The van der Waals surface area contributed by atoms with Crippen molar-refractivity contribution in [1.29, 1.82) is 0 Å². The van der Waals surface area contributed by atoms with E-state index in [9.17, 15) is 13.2 Å². The van der Waals surface area contributed by atoms with Crippen molar-refractivity contribution in [2.75, 3.05) is 6.54 Å². The third kappa shape index (κ3) is 4.75. The van der Waals surface area contributed by atoms with Gasteiger partial charge in [-0.3, -0.25) is 5.10 Å². The topological polar surface area (TPSA) is 40.7 Å². The van der Waals surface area contributed by atoms with Crippen molar-refractivity contribution in [1.82, 2.24) is 15.5 Å². The highest BCUT2D eigenvalue weighted by molar-refractivity contribution is 5.85. The number of benzene rings is 1. The van der Waals surface area contributed by atoms with Crippen LogP contribution in [0.25, 0.3) is 0 Å². The van der Waals surface area contributed by atoms with Crippen LogP contribution in [0.4, 0.5) is 13.2 Å². The Hall–Kier alpha value is -1.53. The van der Waals surface area contributed by atoms with Crippen LogP contribution in [0.15, 0.2) is 30.5 Å². The summed E-state index contributed by atoms with van der Waals surface area (Å²) in [6.45, 7) is 2.98. The zero-order valence-corrected chi connectivity index (χ0v) is 12.3. The molecule has 7 heteroatoms. The van der Waals surface area contributed by atoms with Gasteiger partial charge in [0.25, 0.3) is 0 Å². The molecule has 0 spiro atoms. The number of rotatable bonds is 5. The molecule has 0 saturated heterocycles. The number of alkyl halides is 3. The van der Waals surface area contributed by atoms with Crippen LogP contribution in [0.2, 0.25) is 0 Å². The fraction of sp³-hybridized carbons (Fsp3) is 0.357. The molecule has 0 saturated carbocycles. The molecule has 0 bridgehead atoms. The largest absolute Gasteiger partial charge is 0.416 e. The quantitative estimate of drug-likeness (QED) is 0.828. The lowest BCUT2D eigenvalue weighted by Crippen LogP contribution is -2.19. The molecule has 0 aliphatic heterocycles. The van der Waals surface area contributed by atoms with E-state index in [2.05, 4.69) is 15.5 Å². The number of nitrogens with one attached hydrogen (secondary N) is 2. The summed E-state index contributed by atoms with van der Waals surface area (Å²) in [6.07, 6.45) is -2.24. The van der Waals surface area contributed by atoms with Gasteiger partial charge in [-0.25, -0.2) is 0 Å². The predicted molar refractivity (Wildman–Crippen MR) is 77.4 cm³/mol. The van der Waals surface area contributed by atoms with E-state index >= 15 is 0 Å². The first-order valence-corrected chi connectivity index (χ1v) is 6.33. The Labute approximate surface area is 127 Å². The molecule has 1 heterocycles. The molecule has 0 fully saturated rings. The van der Waals surface area contributed by atoms with Gasteiger partial charge in [-0.05, 0) is 31.5 Å². The molecule has 116 valence electrons. The molecule has 0 radical (unpaired) electrons. The van der Waals surface area contributed by atoms with E-state index in [1.54, 1.807) is 12.3 Å². The van der Waals surface area contributed by atoms with E-state index in [0.717, 1.165) is 17.3 Å². The molecule has 0 aliphatic carbocycles. The first-order valence-electron chi connectivity index (χ1n) is 6.33. The van der Waals surface area contributed by atoms with Crippen molar-refractivity contribution in [2.24, 2.45) is 0 Å². The number of aryl methyl sites for hydroxylation is 1. The molecular formula is C14H17ClF3N3. The fourth-order valence-corrected chi connectivity index (χ4v) is 2.01. The first-order chi connectivity index (χ1) is 9.48. The smallest absolute Gasteiger partial charge is 0.312 e. The Morgan fingerprint density at radius 3 is 2.52 bits per heavy atom. The number of aromatic nitrogens is 2. The van der Waals surface area contributed by atoms with Crippen molar-refractivity contribution in [3.63, 3.8) is 0 Å². The third-order valence-corrected chi connectivity index (χ3v) is 3.14. The Morgan fingerprint density at radius 1 is 1.19 bits per heavy atom. The zero-order valence-electron chi connectivity index (χ0n) is 11.5. The minimum absolute atomic E-state index is 0. The van der Waals surface area contributed by atoms with Gasteiger partial charge in [-0.15, -0.1) is 12.4 Å². The standard InChI is InChI=1S/C14H16F3N3.ClH/c1-10-12(9-19-20-10)8-18-7-6-11-4-2-3-5-13(11)14(15,16)17;/h2-5,9,18H,6-8H2,1H3,(H,19,20);1H. The molecule has 0 atom stereocenters. The maximum atomic E-state index is 12.8. The Balaban J connectivity index is 0.00000220. The summed E-state index contributed by atoms with van der Waals surface area (Å²) in [4.78, 5) is 0. The van der Waals surface area contributed by atoms with Gasteiger partial charge in [0, 0.05) is 17.8 Å².